The molecule has 1 fully saturated rings. The first-order valence-corrected chi connectivity index (χ1v) is 8.79. The van der Waals surface area contributed by atoms with Gasteiger partial charge in [-0.2, -0.15) is 0 Å². The van der Waals surface area contributed by atoms with E-state index in [4.69, 9.17) is 4.98 Å². The Morgan fingerprint density at radius 3 is 2.60 bits per heavy atom. The van der Waals surface area contributed by atoms with Crippen LogP contribution in [0.5, 0.6) is 0 Å². The number of thiazole rings is 1. The van der Waals surface area contributed by atoms with Crippen molar-refractivity contribution >= 4 is 11.3 Å². The minimum atomic E-state index is 0.723. The van der Waals surface area contributed by atoms with Gasteiger partial charge in [0.2, 0.25) is 0 Å². The molecule has 1 aliphatic heterocycles. The third-order valence-corrected chi connectivity index (χ3v) is 6.30. The van der Waals surface area contributed by atoms with Crippen LogP contribution in [0.1, 0.15) is 47.2 Å². The third-order valence-electron chi connectivity index (χ3n) is 4.98. The average Bonchev–Trinajstić information content (AvgIpc) is 2.75. The first-order valence-electron chi connectivity index (χ1n) is 7.97. The Morgan fingerprint density at radius 1 is 1.05 bits per heavy atom. The molecule has 0 aromatic carbocycles. The maximum Gasteiger partial charge on any atom is 0.0962 e. The first-order chi connectivity index (χ1) is 9.90. The highest BCUT2D eigenvalue weighted by Gasteiger charge is 2.25. The van der Waals surface area contributed by atoms with Gasteiger partial charge in [-0.05, 0) is 63.1 Å². The van der Waals surface area contributed by atoms with Gasteiger partial charge in [0.15, 0.2) is 0 Å². The number of allylic oxidation sites excluding steroid dienone is 4. The van der Waals surface area contributed by atoms with Crippen molar-refractivity contribution in [3.63, 3.8) is 0 Å². The molecule has 1 N–H and O–H groups in total. The zero-order chi connectivity index (χ0) is 13.4. The molecule has 2 heterocycles. The second-order valence-electron chi connectivity index (χ2n) is 6.25. The summed E-state index contributed by atoms with van der Waals surface area (Å²) < 4.78 is 0. The van der Waals surface area contributed by atoms with Gasteiger partial charge in [-0.1, -0.05) is 18.2 Å². The summed E-state index contributed by atoms with van der Waals surface area (Å²) in [5, 5.41) is 4.88. The van der Waals surface area contributed by atoms with Crippen LogP contribution in [0.3, 0.4) is 0 Å². The van der Waals surface area contributed by atoms with E-state index in [0.29, 0.717) is 0 Å². The zero-order valence-electron chi connectivity index (χ0n) is 11.9. The largest absolute Gasteiger partial charge is 0.317 e. The number of aryl methyl sites for hydroxylation is 2. The van der Waals surface area contributed by atoms with E-state index in [9.17, 15) is 0 Å². The Balaban J connectivity index is 1.48. The predicted molar refractivity (Wildman–Crippen MR) is 84.3 cm³/mol. The molecule has 0 saturated carbocycles. The van der Waals surface area contributed by atoms with Crippen LogP contribution in [0.2, 0.25) is 0 Å². The lowest BCUT2D eigenvalue weighted by Gasteiger charge is -2.20. The number of fused-ring (bicyclic) bond motifs is 1. The summed E-state index contributed by atoms with van der Waals surface area (Å²) in [5.74, 6) is 1.50. The van der Waals surface area contributed by atoms with E-state index in [1.807, 2.05) is 11.3 Å². The van der Waals surface area contributed by atoms with Crippen molar-refractivity contribution < 1.29 is 0 Å². The standard InChI is InChI=1S/C17H22N2S/c1-2-12(3-1)13-4-6-15-16(7-5-13)20-17(19-15)14-8-10-18-11-9-14/h1-3,13-14,18H,4-11H2. The summed E-state index contributed by atoms with van der Waals surface area (Å²) in [5.41, 5.74) is 2.99. The highest BCUT2D eigenvalue weighted by atomic mass is 32.1. The molecule has 0 radical (unpaired) electrons. The SMILES string of the molecule is C1=CC(C2CCc3nc(C4CCNCC4)sc3CC2)=C1. The fourth-order valence-corrected chi connectivity index (χ4v) is 4.91. The number of hydrogen-bond acceptors (Lipinski definition) is 3. The Hall–Kier alpha value is -0.930. The summed E-state index contributed by atoms with van der Waals surface area (Å²) in [6.45, 7) is 2.33. The minimum Gasteiger partial charge on any atom is -0.317 e. The summed E-state index contributed by atoms with van der Waals surface area (Å²) >= 11 is 2.02. The molecule has 4 rings (SSSR count). The second-order valence-corrected chi connectivity index (χ2v) is 7.36. The molecule has 0 bridgehead atoms. The lowest BCUT2D eigenvalue weighted by Crippen LogP contribution is -2.26. The zero-order valence-corrected chi connectivity index (χ0v) is 12.7. The molecule has 0 amide bonds. The maximum atomic E-state index is 5.03. The third kappa shape index (κ3) is 2.38. The lowest BCUT2D eigenvalue weighted by molar-refractivity contribution is 0.458. The van der Waals surface area contributed by atoms with Crippen molar-refractivity contribution in [2.75, 3.05) is 13.1 Å². The van der Waals surface area contributed by atoms with Gasteiger partial charge in [0.1, 0.15) is 0 Å². The molecular weight excluding hydrogens is 264 g/mol. The summed E-state index contributed by atoms with van der Waals surface area (Å²) in [6.07, 6.45) is 14.3. The Morgan fingerprint density at radius 2 is 1.85 bits per heavy atom. The van der Waals surface area contributed by atoms with Crippen LogP contribution in [0.15, 0.2) is 23.8 Å². The van der Waals surface area contributed by atoms with Gasteiger partial charge in [0.25, 0.3) is 0 Å². The lowest BCUT2D eigenvalue weighted by atomic mass is 9.87. The van der Waals surface area contributed by atoms with E-state index in [0.717, 1.165) is 24.9 Å². The van der Waals surface area contributed by atoms with E-state index < -0.39 is 0 Å². The molecule has 2 nitrogen and oxygen atoms in total. The highest BCUT2D eigenvalue weighted by molar-refractivity contribution is 7.11. The number of hydrogen-bond donors (Lipinski definition) is 1. The van der Waals surface area contributed by atoms with Crippen LogP contribution >= 0.6 is 11.3 Å². The van der Waals surface area contributed by atoms with E-state index >= 15 is 0 Å². The van der Waals surface area contributed by atoms with E-state index in [1.165, 1.54) is 49.2 Å². The highest BCUT2D eigenvalue weighted by Crippen LogP contribution is 2.37. The monoisotopic (exact) mass is 286 g/mol. The molecule has 106 valence electrons. The van der Waals surface area contributed by atoms with Crippen LogP contribution in [0, 0.1) is 5.92 Å². The Labute approximate surface area is 125 Å². The summed E-state index contributed by atoms with van der Waals surface area (Å²) in [6, 6.07) is 0. The van der Waals surface area contributed by atoms with Crippen LogP contribution in [0.4, 0.5) is 0 Å². The minimum absolute atomic E-state index is 0.723. The smallest absolute Gasteiger partial charge is 0.0962 e. The van der Waals surface area contributed by atoms with Gasteiger partial charge in [-0.15, -0.1) is 11.3 Å². The number of nitrogens with one attached hydrogen (secondary N) is 1. The number of piperidine rings is 1. The van der Waals surface area contributed by atoms with Gasteiger partial charge in [-0.3, -0.25) is 0 Å². The van der Waals surface area contributed by atoms with Gasteiger partial charge in [-0.25, -0.2) is 4.98 Å². The first kappa shape index (κ1) is 12.8. The maximum absolute atomic E-state index is 5.03. The fourth-order valence-electron chi connectivity index (χ4n) is 3.61. The number of aromatic nitrogens is 1. The molecule has 1 aromatic rings. The van der Waals surface area contributed by atoms with Gasteiger partial charge >= 0.3 is 0 Å². The molecular formula is C17H22N2S. The average molecular weight is 286 g/mol. The van der Waals surface area contributed by atoms with Crippen LogP contribution in [0.25, 0.3) is 0 Å². The van der Waals surface area contributed by atoms with Crippen molar-refractivity contribution in [1.82, 2.24) is 10.3 Å². The summed E-state index contributed by atoms with van der Waals surface area (Å²) in [4.78, 5) is 6.61. The van der Waals surface area contributed by atoms with Crippen molar-refractivity contribution in [1.29, 1.82) is 0 Å². The van der Waals surface area contributed by atoms with Crippen molar-refractivity contribution in [3.05, 3.63) is 39.4 Å². The number of rotatable bonds is 2. The summed E-state index contributed by atoms with van der Waals surface area (Å²) in [7, 11) is 0. The van der Waals surface area contributed by atoms with Crippen LogP contribution in [-0.4, -0.2) is 18.1 Å². The van der Waals surface area contributed by atoms with E-state index in [1.54, 1.807) is 10.5 Å². The predicted octanol–water partition coefficient (Wildman–Crippen LogP) is 3.60. The van der Waals surface area contributed by atoms with Gasteiger partial charge in [0, 0.05) is 10.8 Å². The van der Waals surface area contributed by atoms with E-state index in [-0.39, 0.29) is 0 Å². The molecule has 3 heteroatoms. The Bertz CT molecular complexity index is 524. The van der Waals surface area contributed by atoms with Crippen molar-refractivity contribution in [3.8, 4) is 0 Å². The molecule has 1 saturated heterocycles. The van der Waals surface area contributed by atoms with Gasteiger partial charge < -0.3 is 5.32 Å². The molecule has 1 atom stereocenters. The molecule has 1 aromatic heterocycles. The number of nitrogens with zero attached hydrogens (tertiary/aromatic N) is 1. The molecule has 2 aliphatic carbocycles. The fraction of sp³-hybridized carbons (Fsp3) is 0.588. The normalized spacial score (nSPS) is 26.6. The second kappa shape index (κ2) is 5.45. The topological polar surface area (TPSA) is 24.9 Å². The van der Waals surface area contributed by atoms with Crippen LogP contribution < -0.4 is 5.32 Å². The van der Waals surface area contributed by atoms with E-state index in [2.05, 4.69) is 23.5 Å². The van der Waals surface area contributed by atoms with Crippen molar-refractivity contribution in [2.45, 2.75) is 44.4 Å². The quantitative estimate of drug-likeness (QED) is 0.840. The Kier molecular flexibility index (Phi) is 3.49. The molecule has 20 heavy (non-hydrogen) atoms. The molecule has 1 unspecified atom stereocenters. The van der Waals surface area contributed by atoms with Crippen molar-refractivity contribution in [2.24, 2.45) is 5.92 Å². The molecule has 3 aliphatic rings. The molecule has 0 spiro atoms. The van der Waals surface area contributed by atoms with Crippen LogP contribution in [-0.2, 0) is 12.8 Å². The van der Waals surface area contributed by atoms with Gasteiger partial charge in [0.05, 0.1) is 10.7 Å².